The van der Waals surface area contributed by atoms with Gasteiger partial charge in [-0.25, -0.2) is 0 Å². The predicted octanol–water partition coefficient (Wildman–Crippen LogP) is 2.27. The first-order chi connectivity index (χ1) is 7.46. The Kier molecular flexibility index (Phi) is 2.23. The van der Waals surface area contributed by atoms with Crippen LogP contribution in [0.25, 0.3) is 0 Å². The van der Waals surface area contributed by atoms with E-state index < -0.39 is 0 Å². The SMILES string of the molecule is C[C@@H](N)C12CC3CC(C1)CC([C@@H](C)N)(C3)C2. The molecule has 0 heterocycles. The topological polar surface area (TPSA) is 52.0 Å². The zero-order valence-corrected chi connectivity index (χ0v) is 10.7. The number of hydrogen-bond acceptors (Lipinski definition) is 2. The van der Waals surface area contributed by atoms with Gasteiger partial charge in [0.25, 0.3) is 0 Å². The van der Waals surface area contributed by atoms with Crippen molar-refractivity contribution < 1.29 is 0 Å². The molecule has 0 aromatic rings. The van der Waals surface area contributed by atoms with Crippen LogP contribution in [0.2, 0.25) is 0 Å². The van der Waals surface area contributed by atoms with Gasteiger partial charge in [0.1, 0.15) is 0 Å². The minimum Gasteiger partial charge on any atom is -0.327 e. The molecule has 4 bridgehead atoms. The highest BCUT2D eigenvalue weighted by atomic mass is 14.8. The molecule has 0 aromatic carbocycles. The molecule has 0 unspecified atom stereocenters. The molecule has 4 aliphatic rings. The van der Waals surface area contributed by atoms with Crippen LogP contribution in [-0.2, 0) is 0 Å². The van der Waals surface area contributed by atoms with Gasteiger partial charge in [0.2, 0.25) is 0 Å². The maximum Gasteiger partial charge on any atom is 0.00674 e. The third kappa shape index (κ3) is 1.32. The molecule has 2 heteroatoms. The van der Waals surface area contributed by atoms with E-state index in [0.717, 1.165) is 11.8 Å². The second kappa shape index (κ2) is 3.23. The summed E-state index contributed by atoms with van der Waals surface area (Å²) in [5.74, 6) is 1.86. The van der Waals surface area contributed by atoms with E-state index in [9.17, 15) is 0 Å². The largest absolute Gasteiger partial charge is 0.327 e. The van der Waals surface area contributed by atoms with Crippen LogP contribution in [-0.4, -0.2) is 12.1 Å². The molecule has 2 atom stereocenters. The highest BCUT2D eigenvalue weighted by Crippen LogP contribution is 2.66. The van der Waals surface area contributed by atoms with E-state index >= 15 is 0 Å². The fraction of sp³-hybridized carbons (Fsp3) is 1.00. The van der Waals surface area contributed by atoms with E-state index in [4.69, 9.17) is 11.5 Å². The monoisotopic (exact) mass is 222 g/mol. The van der Waals surface area contributed by atoms with Crippen molar-refractivity contribution in [1.82, 2.24) is 0 Å². The van der Waals surface area contributed by atoms with Gasteiger partial charge < -0.3 is 11.5 Å². The van der Waals surface area contributed by atoms with Crippen LogP contribution in [0.3, 0.4) is 0 Å². The summed E-state index contributed by atoms with van der Waals surface area (Å²) in [6.45, 7) is 4.45. The van der Waals surface area contributed by atoms with Crippen molar-refractivity contribution >= 4 is 0 Å². The second-order valence-corrected chi connectivity index (χ2v) is 7.26. The molecule has 4 aliphatic carbocycles. The lowest BCUT2D eigenvalue weighted by Gasteiger charge is -2.64. The minimum atomic E-state index is 0.358. The molecule has 4 N–H and O–H groups in total. The highest BCUT2D eigenvalue weighted by Gasteiger charge is 2.59. The van der Waals surface area contributed by atoms with Crippen molar-refractivity contribution in [2.75, 3.05) is 0 Å². The molecule has 4 fully saturated rings. The van der Waals surface area contributed by atoms with Crippen LogP contribution >= 0.6 is 0 Å². The van der Waals surface area contributed by atoms with Gasteiger partial charge in [-0.2, -0.15) is 0 Å². The average molecular weight is 222 g/mol. The molecule has 0 saturated heterocycles. The number of rotatable bonds is 2. The Labute approximate surface area is 99.1 Å². The third-order valence-electron chi connectivity index (χ3n) is 6.08. The standard InChI is InChI=1S/C14H26N2/c1-9(15)13-4-11-3-12(5-13)7-14(6-11,8-13)10(2)16/h9-12H,3-8,15-16H2,1-2H3/t9-,10-,11?,12?,13?,14?/m1/s1. The molecule has 16 heavy (non-hydrogen) atoms. The average Bonchev–Trinajstić information content (AvgIpc) is 2.14. The predicted molar refractivity (Wildman–Crippen MR) is 66.8 cm³/mol. The normalized spacial score (nSPS) is 54.0. The second-order valence-electron chi connectivity index (χ2n) is 7.26. The van der Waals surface area contributed by atoms with Gasteiger partial charge in [-0.15, -0.1) is 0 Å². The molecule has 0 radical (unpaired) electrons. The third-order valence-corrected chi connectivity index (χ3v) is 6.08. The molecule has 0 aromatic heterocycles. The molecule has 4 rings (SSSR count). The fourth-order valence-electron chi connectivity index (χ4n) is 5.47. The summed E-state index contributed by atoms with van der Waals surface area (Å²) in [5, 5.41) is 0. The summed E-state index contributed by atoms with van der Waals surface area (Å²) < 4.78 is 0. The van der Waals surface area contributed by atoms with Crippen molar-refractivity contribution in [3.63, 3.8) is 0 Å². The van der Waals surface area contributed by atoms with Crippen molar-refractivity contribution in [3.05, 3.63) is 0 Å². The van der Waals surface area contributed by atoms with Gasteiger partial charge in [-0.3, -0.25) is 0 Å². The summed E-state index contributed by atoms with van der Waals surface area (Å²) >= 11 is 0. The maximum atomic E-state index is 6.31. The lowest BCUT2D eigenvalue weighted by molar-refractivity contribution is -0.126. The van der Waals surface area contributed by atoms with E-state index in [1.165, 1.54) is 38.5 Å². The van der Waals surface area contributed by atoms with Crippen LogP contribution in [0.5, 0.6) is 0 Å². The summed E-state index contributed by atoms with van der Waals surface area (Å²) in [7, 11) is 0. The molecular weight excluding hydrogens is 196 g/mol. The minimum absolute atomic E-state index is 0.358. The maximum absolute atomic E-state index is 6.31. The Hall–Kier alpha value is -0.0800. The van der Waals surface area contributed by atoms with Gasteiger partial charge in [-0.05, 0) is 75.0 Å². The summed E-state index contributed by atoms with van der Waals surface area (Å²) in [6.07, 6.45) is 8.31. The van der Waals surface area contributed by atoms with Gasteiger partial charge in [0.05, 0.1) is 0 Å². The van der Waals surface area contributed by atoms with Gasteiger partial charge >= 0.3 is 0 Å². The number of nitrogens with two attached hydrogens (primary N) is 2. The van der Waals surface area contributed by atoms with Gasteiger partial charge in [0.15, 0.2) is 0 Å². The van der Waals surface area contributed by atoms with Crippen LogP contribution in [0.1, 0.15) is 52.4 Å². The molecule has 4 saturated carbocycles. The quantitative estimate of drug-likeness (QED) is 0.753. The zero-order chi connectivity index (χ0) is 11.6. The Morgan fingerprint density at radius 2 is 1.25 bits per heavy atom. The molecule has 2 nitrogen and oxygen atoms in total. The van der Waals surface area contributed by atoms with E-state index in [0.29, 0.717) is 22.9 Å². The Morgan fingerprint density at radius 3 is 1.56 bits per heavy atom. The van der Waals surface area contributed by atoms with Crippen molar-refractivity contribution in [2.24, 2.45) is 34.1 Å². The van der Waals surface area contributed by atoms with Crippen LogP contribution in [0.4, 0.5) is 0 Å². The number of hydrogen-bond donors (Lipinski definition) is 2. The lowest BCUT2D eigenvalue weighted by Crippen LogP contribution is -2.61. The Balaban J connectivity index is 1.97. The molecule has 92 valence electrons. The summed E-state index contributed by atoms with van der Waals surface area (Å²) in [5.41, 5.74) is 13.5. The van der Waals surface area contributed by atoms with E-state index in [-0.39, 0.29) is 0 Å². The smallest absolute Gasteiger partial charge is 0.00674 e. The van der Waals surface area contributed by atoms with Crippen LogP contribution in [0, 0.1) is 22.7 Å². The summed E-state index contributed by atoms with van der Waals surface area (Å²) in [4.78, 5) is 0. The molecular formula is C14H26N2. The van der Waals surface area contributed by atoms with E-state index in [1.54, 1.807) is 0 Å². The Bertz CT molecular complexity index is 255. The van der Waals surface area contributed by atoms with Crippen molar-refractivity contribution in [2.45, 2.75) is 64.5 Å². The van der Waals surface area contributed by atoms with Crippen molar-refractivity contribution in [3.8, 4) is 0 Å². The molecule has 0 amide bonds. The van der Waals surface area contributed by atoms with E-state index in [1.807, 2.05) is 0 Å². The van der Waals surface area contributed by atoms with Crippen LogP contribution in [0.15, 0.2) is 0 Å². The fourth-order valence-corrected chi connectivity index (χ4v) is 5.47. The Morgan fingerprint density at radius 1 is 0.875 bits per heavy atom. The zero-order valence-electron chi connectivity index (χ0n) is 10.7. The first-order valence-corrected chi connectivity index (χ1v) is 6.97. The van der Waals surface area contributed by atoms with Crippen molar-refractivity contribution in [1.29, 1.82) is 0 Å². The summed E-state index contributed by atoms with van der Waals surface area (Å²) in [6, 6.07) is 0.716. The first-order valence-electron chi connectivity index (χ1n) is 6.97. The molecule has 0 aliphatic heterocycles. The molecule has 0 spiro atoms. The van der Waals surface area contributed by atoms with E-state index in [2.05, 4.69) is 13.8 Å². The van der Waals surface area contributed by atoms with Gasteiger partial charge in [-0.1, -0.05) is 0 Å². The van der Waals surface area contributed by atoms with Gasteiger partial charge in [0, 0.05) is 12.1 Å². The lowest BCUT2D eigenvalue weighted by atomic mass is 9.41. The first kappa shape index (κ1) is 11.0. The van der Waals surface area contributed by atoms with Crippen LogP contribution < -0.4 is 11.5 Å². The highest BCUT2D eigenvalue weighted by molar-refractivity contribution is 5.11.